The third-order valence-corrected chi connectivity index (χ3v) is 5.25. The van der Waals surface area contributed by atoms with Crippen LogP contribution < -0.4 is 9.46 Å². The van der Waals surface area contributed by atoms with Gasteiger partial charge in [0, 0.05) is 18.3 Å². The van der Waals surface area contributed by atoms with Gasteiger partial charge in [-0.25, -0.2) is 17.2 Å². The number of rotatable bonds is 5. The lowest BCUT2D eigenvalue weighted by molar-refractivity contribution is -0.143. The van der Waals surface area contributed by atoms with Crippen molar-refractivity contribution in [2.45, 2.75) is 17.2 Å². The number of hydrogen-bond acceptors (Lipinski definition) is 5. The number of halogens is 8. The lowest BCUT2D eigenvalue weighted by Gasteiger charge is -2.15. The summed E-state index contributed by atoms with van der Waals surface area (Å²) in [7, 11) is -4.73. The summed E-state index contributed by atoms with van der Waals surface area (Å²) in [5.74, 6) is -5.78. The number of nitrogens with one attached hydrogen (secondary N) is 1. The highest BCUT2D eigenvalue weighted by molar-refractivity contribution is 7.92. The van der Waals surface area contributed by atoms with Gasteiger partial charge < -0.3 is 4.74 Å². The molecule has 0 aliphatic heterocycles. The predicted octanol–water partition coefficient (Wildman–Crippen LogP) is 5.39. The number of hydrogen-bond donors (Lipinski definition) is 1. The smallest absolute Gasteiger partial charge is 0.416 e. The van der Waals surface area contributed by atoms with Gasteiger partial charge in [0.2, 0.25) is 0 Å². The maximum absolute atomic E-state index is 14.4. The normalized spacial score (nSPS) is 12.5. The van der Waals surface area contributed by atoms with Crippen LogP contribution in [0.2, 0.25) is 0 Å². The van der Waals surface area contributed by atoms with E-state index >= 15 is 0 Å². The fourth-order valence-corrected chi connectivity index (χ4v) is 3.52. The molecule has 0 unspecified atom stereocenters. The summed E-state index contributed by atoms with van der Waals surface area (Å²) in [4.78, 5) is -1.22. The van der Waals surface area contributed by atoms with Crippen LogP contribution in [0.15, 0.2) is 53.6 Å². The Balaban J connectivity index is 1.99. The Hall–Kier alpha value is -3.49. The Morgan fingerprint density at radius 1 is 0.848 bits per heavy atom. The van der Waals surface area contributed by atoms with E-state index in [1.807, 2.05) is 4.72 Å². The summed E-state index contributed by atoms with van der Waals surface area (Å²) in [6.07, 6.45) is -9.19. The third-order valence-electron chi connectivity index (χ3n) is 3.88. The molecule has 0 spiro atoms. The first-order chi connectivity index (χ1) is 15.2. The Labute approximate surface area is 179 Å². The second-order valence-corrected chi connectivity index (χ2v) is 7.92. The Morgan fingerprint density at radius 3 is 1.97 bits per heavy atom. The first-order valence-electron chi connectivity index (χ1n) is 8.44. The van der Waals surface area contributed by atoms with E-state index in [0.29, 0.717) is 0 Å². The van der Waals surface area contributed by atoms with Gasteiger partial charge in [-0.15, -0.1) is 5.10 Å². The van der Waals surface area contributed by atoms with Gasteiger partial charge in [0.1, 0.15) is 16.5 Å². The summed E-state index contributed by atoms with van der Waals surface area (Å²) < 4.78 is 138. The number of ether oxygens (including phenoxy) is 1. The molecule has 1 N–H and O–H groups in total. The Bertz CT molecular complexity index is 1250. The minimum Gasteiger partial charge on any atom is -0.454 e. The molecule has 2 aromatic carbocycles. The highest BCUT2D eigenvalue weighted by Gasteiger charge is 2.37. The molecule has 0 bridgehead atoms. The molecule has 0 fully saturated rings. The molecular formula is C18H9F8N3O3S. The first kappa shape index (κ1) is 24.2. The molecule has 0 aliphatic rings. The maximum atomic E-state index is 14.4. The van der Waals surface area contributed by atoms with E-state index in [0.717, 1.165) is 6.07 Å². The fraction of sp³-hybridized carbons (Fsp3) is 0.111. The van der Waals surface area contributed by atoms with Crippen molar-refractivity contribution in [3.8, 4) is 11.5 Å². The molecule has 0 amide bonds. The fourth-order valence-electron chi connectivity index (χ4n) is 2.46. The van der Waals surface area contributed by atoms with Crippen molar-refractivity contribution in [3.05, 3.63) is 71.4 Å². The number of sulfonamides is 1. The molecule has 1 aromatic heterocycles. The molecule has 3 aromatic rings. The van der Waals surface area contributed by atoms with Gasteiger partial charge in [0.25, 0.3) is 10.0 Å². The quantitative estimate of drug-likeness (QED) is 0.477. The average molecular weight is 499 g/mol. The second-order valence-electron chi connectivity index (χ2n) is 6.27. The zero-order chi connectivity index (χ0) is 24.6. The topological polar surface area (TPSA) is 81.2 Å². The molecule has 0 radical (unpaired) electrons. The standard InChI is InChI=1S/C18H9F8N3O3S/c19-12-8-15(33(30,31)29-16-2-1-3-27-28-16)13(20)7-14(12)32-11-5-9(17(21,22)23)4-10(6-11)18(24,25)26/h1-8H,(H,28,29). The summed E-state index contributed by atoms with van der Waals surface area (Å²) >= 11 is 0. The van der Waals surface area contributed by atoms with E-state index in [-0.39, 0.29) is 36.1 Å². The molecule has 15 heteroatoms. The highest BCUT2D eigenvalue weighted by Crippen LogP contribution is 2.39. The lowest BCUT2D eigenvalue weighted by atomic mass is 10.1. The van der Waals surface area contributed by atoms with Crippen LogP contribution in [0.3, 0.4) is 0 Å². The zero-order valence-electron chi connectivity index (χ0n) is 15.7. The van der Waals surface area contributed by atoms with E-state index in [2.05, 4.69) is 10.2 Å². The molecule has 0 aliphatic carbocycles. The summed E-state index contributed by atoms with van der Waals surface area (Å²) in [6, 6.07) is 2.86. The van der Waals surface area contributed by atoms with E-state index in [1.165, 1.54) is 12.3 Å². The van der Waals surface area contributed by atoms with Crippen LogP contribution in [-0.4, -0.2) is 18.6 Å². The van der Waals surface area contributed by atoms with Crippen molar-refractivity contribution >= 4 is 15.8 Å². The van der Waals surface area contributed by atoms with E-state index < -0.39 is 61.5 Å². The van der Waals surface area contributed by atoms with Crippen LogP contribution in [0.5, 0.6) is 11.5 Å². The molecule has 0 saturated carbocycles. The molecule has 33 heavy (non-hydrogen) atoms. The first-order valence-corrected chi connectivity index (χ1v) is 9.92. The zero-order valence-corrected chi connectivity index (χ0v) is 16.5. The summed E-state index contributed by atoms with van der Waals surface area (Å²) in [5.41, 5.74) is -3.50. The van der Waals surface area contributed by atoms with Gasteiger partial charge in [-0.3, -0.25) is 4.72 Å². The maximum Gasteiger partial charge on any atom is 0.416 e. The molecule has 1 heterocycles. The van der Waals surface area contributed by atoms with Crippen LogP contribution in [0, 0.1) is 11.6 Å². The van der Waals surface area contributed by atoms with Gasteiger partial charge in [0.15, 0.2) is 17.4 Å². The third kappa shape index (κ3) is 5.66. The van der Waals surface area contributed by atoms with Crippen LogP contribution in [0.1, 0.15) is 11.1 Å². The van der Waals surface area contributed by atoms with Crippen LogP contribution in [0.25, 0.3) is 0 Å². The minimum absolute atomic E-state index is 0.141. The van der Waals surface area contributed by atoms with Gasteiger partial charge in [-0.2, -0.15) is 31.4 Å². The van der Waals surface area contributed by atoms with Crippen molar-refractivity contribution in [2.75, 3.05) is 4.72 Å². The van der Waals surface area contributed by atoms with Gasteiger partial charge >= 0.3 is 12.4 Å². The van der Waals surface area contributed by atoms with Crippen LogP contribution in [-0.2, 0) is 22.4 Å². The van der Waals surface area contributed by atoms with Gasteiger partial charge in [-0.1, -0.05) is 0 Å². The SMILES string of the molecule is O=S(=O)(Nc1cccnn1)c1cc(F)c(Oc2cc(C(F)(F)F)cc(C(F)(F)F)c2)cc1F. The van der Waals surface area contributed by atoms with E-state index in [4.69, 9.17) is 4.74 Å². The Morgan fingerprint density at radius 2 is 1.45 bits per heavy atom. The summed E-state index contributed by atoms with van der Waals surface area (Å²) in [6.45, 7) is 0. The van der Waals surface area contributed by atoms with Gasteiger partial charge in [-0.05, 0) is 30.3 Å². The number of aromatic nitrogens is 2. The molecule has 0 atom stereocenters. The molecule has 6 nitrogen and oxygen atoms in total. The minimum atomic E-state index is -5.20. The number of benzene rings is 2. The van der Waals surface area contributed by atoms with Crippen LogP contribution in [0.4, 0.5) is 40.9 Å². The number of anilines is 1. The van der Waals surface area contributed by atoms with E-state index in [9.17, 15) is 43.5 Å². The van der Waals surface area contributed by atoms with E-state index in [1.54, 1.807) is 0 Å². The van der Waals surface area contributed by atoms with Gasteiger partial charge in [0.05, 0.1) is 11.1 Å². The van der Waals surface area contributed by atoms with Crippen molar-refractivity contribution < 1.29 is 48.3 Å². The summed E-state index contributed by atoms with van der Waals surface area (Å²) in [5, 5.41) is 6.79. The Kier molecular flexibility index (Phi) is 6.19. The largest absolute Gasteiger partial charge is 0.454 e. The lowest BCUT2D eigenvalue weighted by Crippen LogP contribution is -2.16. The van der Waals surface area contributed by atoms with Crippen molar-refractivity contribution in [3.63, 3.8) is 0 Å². The second kappa shape index (κ2) is 8.46. The van der Waals surface area contributed by atoms with Crippen molar-refractivity contribution in [2.24, 2.45) is 0 Å². The molecule has 0 saturated heterocycles. The number of nitrogens with zero attached hydrogens (tertiary/aromatic N) is 2. The molecular weight excluding hydrogens is 490 g/mol. The molecule has 3 rings (SSSR count). The average Bonchev–Trinajstić information content (AvgIpc) is 2.69. The van der Waals surface area contributed by atoms with Crippen LogP contribution >= 0.6 is 0 Å². The monoisotopic (exact) mass is 499 g/mol. The highest BCUT2D eigenvalue weighted by atomic mass is 32.2. The van der Waals surface area contributed by atoms with Crippen molar-refractivity contribution in [1.82, 2.24) is 10.2 Å². The van der Waals surface area contributed by atoms with Crippen molar-refractivity contribution in [1.29, 1.82) is 0 Å². The predicted molar refractivity (Wildman–Crippen MR) is 95.7 cm³/mol. The number of alkyl halides is 6. The molecule has 176 valence electrons.